The summed E-state index contributed by atoms with van der Waals surface area (Å²) in [6.45, 7) is 6.90. The lowest BCUT2D eigenvalue weighted by atomic mass is 9.88. The minimum atomic E-state index is -0.715. The van der Waals surface area contributed by atoms with Crippen LogP contribution in [0.4, 0.5) is 26.7 Å². The molecule has 0 saturated heterocycles. The molecule has 10 nitrogen and oxygen atoms in total. The standard InChI is InChI=1S/C33H42N4O6S/c1-5-43-30(40)22-44-25-16-12-13-23(19-25)34-29(39)20-36-31(41)35-26-17-10-11-18-27(26)37(32(36)42,21-28(38)33(2,3)4)24-14-8-6-7-9-15-24/h10-13,16-19,24H,5-9,14-15,20-22H2,1-4H3,(H-,34,35,39,41)/p+1. The van der Waals surface area contributed by atoms with E-state index in [1.54, 1.807) is 37.3 Å². The summed E-state index contributed by atoms with van der Waals surface area (Å²) in [6.07, 6.45) is 5.36. The smallest absolute Gasteiger partial charge is 0.433 e. The fourth-order valence-electron chi connectivity index (χ4n) is 5.80. The number of amides is 5. The highest BCUT2D eigenvalue weighted by molar-refractivity contribution is 8.00. The van der Waals surface area contributed by atoms with Crippen molar-refractivity contribution in [3.8, 4) is 0 Å². The number of nitrogens with one attached hydrogen (secondary N) is 2. The first kappa shape index (κ1) is 33.2. The van der Waals surface area contributed by atoms with E-state index in [0.29, 0.717) is 23.7 Å². The van der Waals surface area contributed by atoms with Crippen molar-refractivity contribution in [2.45, 2.75) is 77.2 Å². The molecule has 0 bridgehead atoms. The number of hydrogen-bond acceptors (Lipinski definition) is 7. The third-order valence-electron chi connectivity index (χ3n) is 8.15. The largest absolute Gasteiger partial charge is 0.465 e. The molecule has 2 N–H and O–H groups in total. The number of carbonyl (C=O) groups is 5. The predicted molar refractivity (Wildman–Crippen MR) is 173 cm³/mol. The van der Waals surface area contributed by atoms with Crippen molar-refractivity contribution in [1.82, 2.24) is 9.38 Å². The molecule has 1 aliphatic carbocycles. The number of benzene rings is 2. The second kappa shape index (κ2) is 14.4. The zero-order valence-corrected chi connectivity index (χ0v) is 26.8. The summed E-state index contributed by atoms with van der Waals surface area (Å²) in [4.78, 5) is 69.1. The maximum Gasteiger partial charge on any atom is 0.433 e. The predicted octanol–water partition coefficient (Wildman–Crippen LogP) is 6.59. The second-order valence-electron chi connectivity index (χ2n) is 12.3. The van der Waals surface area contributed by atoms with Gasteiger partial charge in [0.25, 0.3) is 0 Å². The Morgan fingerprint density at radius 3 is 2.41 bits per heavy atom. The highest BCUT2D eigenvalue weighted by atomic mass is 32.2. The van der Waals surface area contributed by atoms with Crippen LogP contribution >= 0.6 is 11.8 Å². The summed E-state index contributed by atoms with van der Waals surface area (Å²) in [5, 5.41) is 5.64. The van der Waals surface area contributed by atoms with Crippen LogP contribution in [0.15, 0.2) is 53.4 Å². The number of para-hydroxylation sites is 2. The highest BCUT2D eigenvalue weighted by Crippen LogP contribution is 2.42. The van der Waals surface area contributed by atoms with Gasteiger partial charge in [-0.1, -0.05) is 51.8 Å². The molecule has 1 atom stereocenters. The van der Waals surface area contributed by atoms with Crippen molar-refractivity contribution in [3.63, 3.8) is 0 Å². The lowest BCUT2D eigenvalue weighted by Gasteiger charge is -2.42. The van der Waals surface area contributed by atoms with Crippen molar-refractivity contribution < 1.29 is 28.7 Å². The number of imide groups is 1. The Labute approximate surface area is 263 Å². The molecule has 236 valence electrons. The Morgan fingerprint density at radius 2 is 1.73 bits per heavy atom. The third-order valence-corrected chi connectivity index (χ3v) is 9.12. The van der Waals surface area contributed by atoms with Crippen LogP contribution in [-0.4, -0.2) is 66.1 Å². The van der Waals surface area contributed by atoms with Gasteiger partial charge < -0.3 is 15.4 Å². The van der Waals surface area contributed by atoms with E-state index in [4.69, 9.17) is 4.74 Å². The number of thioether (sulfide) groups is 1. The summed E-state index contributed by atoms with van der Waals surface area (Å²) in [5.41, 5.74) is 0.783. The summed E-state index contributed by atoms with van der Waals surface area (Å²) in [5.74, 6) is -0.865. The lowest BCUT2D eigenvalue weighted by Crippen LogP contribution is -2.68. The summed E-state index contributed by atoms with van der Waals surface area (Å²) >= 11 is 1.28. The van der Waals surface area contributed by atoms with Crippen LogP contribution in [0.1, 0.15) is 66.2 Å². The number of anilines is 2. The molecular formula is C33H43N4O6S+. The minimum absolute atomic E-state index is 0.0965. The maximum atomic E-state index is 14.8. The van der Waals surface area contributed by atoms with E-state index >= 15 is 0 Å². The van der Waals surface area contributed by atoms with E-state index in [2.05, 4.69) is 10.6 Å². The Kier molecular flexibility index (Phi) is 10.9. The number of fused-ring (bicyclic) bond motifs is 1. The molecule has 1 unspecified atom stereocenters. The summed E-state index contributed by atoms with van der Waals surface area (Å²) in [6, 6.07) is 12.6. The monoisotopic (exact) mass is 623 g/mol. The summed E-state index contributed by atoms with van der Waals surface area (Å²) in [7, 11) is 0. The third kappa shape index (κ3) is 7.68. The van der Waals surface area contributed by atoms with Gasteiger partial charge in [-0.15, -0.1) is 11.8 Å². The van der Waals surface area contributed by atoms with Gasteiger partial charge in [0.1, 0.15) is 18.3 Å². The van der Waals surface area contributed by atoms with Crippen molar-refractivity contribution in [3.05, 3.63) is 48.5 Å². The van der Waals surface area contributed by atoms with E-state index in [9.17, 15) is 24.0 Å². The Hall–Kier alpha value is -3.70. The maximum absolute atomic E-state index is 14.8. The molecule has 2 aromatic rings. The molecule has 5 amide bonds. The molecule has 11 heteroatoms. The van der Waals surface area contributed by atoms with Gasteiger partial charge in [-0.2, -0.15) is 4.48 Å². The van der Waals surface area contributed by atoms with Gasteiger partial charge in [-0.25, -0.2) is 14.5 Å². The van der Waals surface area contributed by atoms with Crippen molar-refractivity contribution in [2.75, 3.05) is 36.1 Å². The molecule has 4 rings (SSSR count). The Bertz CT molecular complexity index is 1400. The second-order valence-corrected chi connectivity index (χ2v) is 13.4. The molecule has 1 heterocycles. The van der Waals surface area contributed by atoms with Crippen molar-refractivity contribution in [1.29, 1.82) is 0 Å². The Balaban J connectivity index is 1.66. The van der Waals surface area contributed by atoms with E-state index in [1.807, 2.05) is 39.0 Å². The molecular weight excluding hydrogens is 580 g/mol. The van der Waals surface area contributed by atoms with Crippen LogP contribution in [0.25, 0.3) is 0 Å². The van der Waals surface area contributed by atoms with Gasteiger partial charge in [0.2, 0.25) is 5.91 Å². The highest BCUT2D eigenvalue weighted by Gasteiger charge is 2.55. The number of carbonyl (C=O) groups excluding carboxylic acids is 5. The van der Waals surface area contributed by atoms with Crippen molar-refractivity contribution >= 4 is 58.5 Å². The van der Waals surface area contributed by atoms with Gasteiger partial charge in [-0.3, -0.25) is 14.4 Å². The zero-order chi connectivity index (χ0) is 31.9. The number of Topliss-reactive ketones (excluding diaryl/α,β-unsaturated/α-hetero) is 1. The number of urea groups is 2. The summed E-state index contributed by atoms with van der Waals surface area (Å²) < 4.78 is 4.64. The normalized spacial score (nSPS) is 19.3. The number of ether oxygens (including phenoxy) is 1. The number of rotatable bonds is 10. The number of quaternary nitrogens is 1. The van der Waals surface area contributed by atoms with Gasteiger partial charge >= 0.3 is 18.0 Å². The number of esters is 1. The van der Waals surface area contributed by atoms with Crippen LogP contribution in [0.5, 0.6) is 0 Å². The van der Waals surface area contributed by atoms with Crippen molar-refractivity contribution in [2.24, 2.45) is 5.41 Å². The first-order valence-corrected chi connectivity index (χ1v) is 16.3. The molecule has 1 fully saturated rings. The molecule has 44 heavy (non-hydrogen) atoms. The average Bonchev–Trinajstić information content (AvgIpc) is 3.30. The van der Waals surface area contributed by atoms with E-state index in [1.165, 1.54) is 11.8 Å². The lowest BCUT2D eigenvalue weighted by molar-refractivity contribution is -0.139. The minimum Gasteiger partial charge on any atom is -0.465 e. The molecule has 1 saturated carbocycles. The Morgan fingerprint density at radius 1 is 1.02 bits per heavy atom. The SMILES string of the molecule is CCOC(=O)CSc1cccc(NC(=O)CN2C(=O)Nc3ccccc3[N+](CC(=O)C(C)(C)C)(C3CCCCCC3)C2=O)c1. The average molecular weight is 624 g/mol. The van der Waals surface area contributed by atoms with Gasteiger partial charge in [0, 0.05) is 34.9 Å². The molecule has 0 aromatic heterocycles. The van der Waals surface area contributed by atoms with E-state index in [0.717, 1.165) is 48.3 Å². The van der Waals surface area contributed by atoms with Crippen LogP contribution in [0, 0.1) is 5.41 Å². The quantitative estimate of drug-likeness (QED) is 0.132. The fourth-order valence-corrected chi connectivity index (χ4v) is 6.56. The van der Waals surface area contributed by atoms with Crippen LogP contribution in [0.2, 0.25) is 0 Å². The number of hydrogen-bond donors (Lipinski definition) is 2. The van der Waals surface area contributed by atoms with E-state index in [-0.39, 0.29) is 34.6 Å². The number of ketones is 1. The van der Waals surface area contributed by atoms with Gasteiger partial charge in [0.15, 0.2) is 18.0 Å². The zero-order valence-electron chi connectivity index (χ0n) is 26.0. The molecule has 0 radical (unpaired) electrons. The molecule has 1 aliphatic heterocycles. The number of nitrogens with zero attached hydrogens (tertiary/aromatic N) is 2. The topological polar surface area (TPSA) is 122 Å². The first-order valence-electron chi connectivity index (χ1n) is 15.3. The van der Waals surface area contributed by atoms with Crippen LogP contribution < -0.4 is 15.1 Å². The first-order chi connectivity index (χ1) is 21.0. The fraction of sp³-hybridized carbons (Fsp3) is 0.485. The van der Waals surface area contributed by atoms with Gasteiger partial charge in [0.05, 0.1) is 12.4 Å². The van der Waals surface area contributed by atoms with E-state index < -0.39 is 29.9 Å². The molecule has 2 aromatic carbocycles. The molecule has 0 spiro atoms. The van der Waals surface area contributed by atoms with Gasteiger partial charge in [-0.05, 0) is 44.0 Å². The van der Waals surface area contributed by atoms with Crippen LogP contribution in [-0.2, 0) is 19.1 Å². The molecule has 2 aliphatic rings. The van der Waals surface area contributed by atoms with Crippen LogP contribution in [0.3, 0.4) is 0 Å².